The highest BCUT2D eigenvalue weighted by Crippen LogP contribution is 2.14. The number of likely N-dealkylation sites (N-methyl/N-ethyl adjacent to an activating group) is 1. The SMILES string of the molecule is CN1CCCC1C(=O)NCC(=O)NC(Cc1ccc(O)cc1)C(=O)O. The lowest BCUT2D eigenvalue weighted by Crippen LogP contribution is -2.49. The van der Waals surface area contributed by atoms with Crippen molar-refractivity contribution in [1.29, 1.82) is 0 Å². The maximum Gasteiger partial charge on any atom is 0.326 e. The molecule has 1 heterocycles. The van der Waals surface area contributed by atoms with Crippen molar-refractivity contribution in [2.75, 3.05) is 20.1 Å². The first-order chi connectivity index (χ1) is 11.9. The maximum atomic E-state index is 12.0. The molecule has 2 amide bonds. The average Bonchev–Trinajstić information content (AvgIpc) is 3.00. The first-order valence-electron chi connectivity index (χ1n) is 8.15. The molecule has 8 nitrogen and oxygen atoms in total. The Morgan fingerprint density at radius 2 is 1.96 bits per heavy atom. The first-order valence-corrected chi connectivity index (χ1v) is 8.15. The van der Waals surface area contributed by atoms with E-state index in [9.17, 15) is 24.6 Å². The van der Waals surface area contributed by atoms with Gasteiger partial charge in [-0.1, -0.05) is 12.1 Å². The number of aromatic hydroxyl groups is 1. The Kier molecular flexibility index (Phi) is 6.35. The van der Waals surface area contributed by atoms with Crippen LogP contribution in [0.15, 0.2) is 24.3 Å². The molecule has 2 rings (SSSR count). The summed E-state index contributed by atoms with van der Waals surface area (Å²) in [6.07, 6.45) is 1.78. The summed E-state index contributed by atoms with van der Waals surface area (Å²) >= 11 is 0. The summed E-state index contributed by atoms with van der Waals surface area (Å²) in [5, 5.41) is 23.5. The predicted molar refractivity (Wildman–Crippen MR) is 90.0 cm³/mol. The number of phenols is 1. The number of nitrogens with zero attached hydrogens (tertiary/aromatic N) is 1. The van der Waals surface area contributed by atoms with Crippen molar-refractivity contribution in [3.05, 3.63) is 29.8 Å². The van der Waals surface area contributed by atoms with E-state index < -0.39 is 17.9 Å². The highest BCUT2D eigenvalue weighted by atomic mass is 16.4. The number of carbonyl (C=O) groups is 3. The van der Waals surface area contributed by atoms with E-state index in [0.29, 0.717) is 5.56 Å². The molecule has 0 bridgehead atoms. The van der Waals surface area contributed by atoms with Crippen LogP contribution in [-0.2, 0) is 20.8 Å². The smallest absolute Gasteiger partial charge is 0.326 e. The molecule has 2 unspecified atom stereocenters. The highest BCUT2D eigenvalue weighted by molar-refractivity contribution is 5.89. The zero-order chi connectivity index (χ0) is 18.4. The molecule has 0 aromatic heterocycles. The number of hydrogen-bond donors (Lipinski definition) is 4. The van der Waals surface area contributed by atoms with E-state index in [1.165, 1.54) is 12.1 Å². The second-order valence-electron chi connectivity index (χ2n) is 6.19. The largest absolute Gasteiger partial charge is 0.508 e. The summed E-state index contributed by atoms with van der Waals surface area (Å²) in [7, 11) is 1.86. The fraction of sp³-hybridized carbons (Fsp3) is 0.471. The van der Waals surface area contributed by atoms with Crippen LogP contribution in [0.3, 0.4) is 0 Å². The number of likely N-dealkylation sites (tertiary alicyclic amines) is 1. The van der Waals surface area contributed by atoms with E-state index in [0.717, 1.165) is 19.4 Å². The number of carbonyl (C=O) groups excluding carboxylic acids is 2. The third kappa shape index (κ3) is 5.46. The minimum atomic E-state index is -1.16. The van der Waals surface area contributed by atoms with Crippen LogP contribution in [0.4, 0.5) is 0 Å². The van der Waals surface area contributed by atoms with Crippen LogP contribution in [0, 0.1) is 0 Å². The zero-order valence-electron chi connectivity index (χ0n) is 14.1. The molecule has 1 fully saturated rings. The molecular formula is C17H23N3O5. The molecule has 1 aromatic carbocycles. The third-order valence-electron chi connectivity index (χ3n) is 4.26. The summed E-state index contributed by atoms with van der Waals surface area (Å²) in [6, 6.07) is 4.75. The Morgan fingerprint density at radius 1 is 1.28 bits per heavy atom. The second-order valence-corrected chi connectivity index (χ2v) is 6.19. The Hall–Kier alpha value is -2.61. The van der Waals surface area contributed by atoms with Crippen molar-refractivity contribution in [1.82, 2.24) is 15.5 Å². The molecule has 1 aliphatic heterocycles. The van der Waals surface area contributed by atoms with Crippen molar-refractivity contribution >= 4 is 17.8 Å². The van der Waals surface area contributed by atoms with Crippen LogP contribution in [0.2, 0.25) is 0 Å². The lowest BCUT2D eigenvalue weighted by atomic mass is 10.1. The van der Waals surface area contributed by atoms with Gasteiger partial charge in [0.05, 0.1) is 12.6 Å². The number of phenolic OH excluding ortho intramolecular Hbond substituents is 1. The Balaban J connectivity index is 1.84. The number of hydrogen-bond acceptors (Lipinski definition) is 5. The number of carboxylic acid groups (broad SMARTS) is 1. The van der Waals surface area contributed by atoms with Gasteiger partial charge in [-0.2, -0.15) is 0 Å². The zero-order valence-corrected chi connectivity index (χ0v) is 14.1. The normalized spacial score (nSPS) is 18.5. The van der Waals surface area contributed by atoms with Crippen LogP contribution in [0.25, 0.3) is 0 Å². The molecule has 25 heavy (non-hydrogen) atoms. The topological polar surface area (TPSA) is 119 Å². The van der Waals surface area contributed by atoms with Crippen LogP contribution in [-0.4, -0.2) is 65.1 Å². The summed E-state index contributed by atoms with van der Waals surface area (Å²) in [6.45, 7) is 0.584. The second kappa shape index (κ2) is 8.48. The van der Waals surface area contributed by atoms with Crippen molar-refractivity contribution in [3.63, 3.8) is 0 Å². The van der Waals surface area contributed by atoms with Crippen LogP contribution in [0.1, 0.15) is 18.4 Å². The highest BCUT2D eigenvalue weighted by Gasteiger charge is 2.28. The van der Waals surface area contributed by atoms with Gasteiger partial charge in [-0.05, 0) is 44.1 Å². The van der Waals surface area contributed by atoms with Gasteiger partial charge < -0.3 is 20.8 Å². The van der Waals surface area contributed by atoms with E-state index in [-0.39, 0.29) is 30.7 Å². The minimum absolute atomic E-state index is 0.0826. The molecule has 1 saturated heterocycles. The lowest BCUT2D eigenvalue weighted by Gasteiger charge is -2.19. The maximum absolute atomic E-state index is 12.0. The number of amides is 2. The Labute approximate surface area is 145 Å². The first kappa shape index (κ1) is 18.7. The van der Waals surface area contributed by atoms with E-state index in [1.807, 2.05) is 11.9 Å². The molecule has 8 heteroatoms. The van der Waals surface area contributed by atoms with E-state index in [4.69, 9.17) is 0 Å². The molecule has 2 atom stereocenters. The summed E-state index contributed by atoms with van der Waals surface area (Å²) in [5.41, 5.74) is 0.669. The standard InChI is InChI=1S/C17H23N3O5/c1-20-8-2-3-14(20)16(23)18-10-15(22)19-13(17(24)25)9-11-4-6-12(21)7-5-11/h4-7,13-14,21H,2-3,8-10H2,1H3,(H,18,23)(H,19,22)(H,24,25). The molecule has 1 aliphatic rings. The molecule has 0 saturated carbocycles. The Bertz CT molecular complexity index is 632. The number of rotatable bonds is 7. The van der Waals surface area contributed by atoms with Gasteiger partial charge in [-0.15, -0.1) is 0 Å². The van der Waals surface area contributed by atoms with Gasteiger partial charge in [0, 0.05) is 6.42 Å². The third-order valence-corrected chi connectivity index (χ3v) is 4.26. The average molecular weight is 349 g/mol. The number of nitrogens with one attached hydrogen (secondary N) is 2. The van der Waals surface area contributed by atoms with Gasteiger partial charge in [0.25, 0.3) is 0 Å². The number of aliphatic carboxylic acids is 1. The molecule has 0 radical (unpaired) electrons. The summed E-state index contributed by atoms with van der Waals surface area (Å²) in [4.78, 5) is 37.3. The molecule has 4 N–H and O–H groups in total. The predicted octanol–water partition coefficient (Wildman–Crippen LogP) is -0.285. The van der Waals surface area contributed by atoms with Gasteiger partial charge in [0.1, 0.15) is 11.8 Å². The van der Waals surface area contributed by atoms with E-state index >= 15 is 0 Å². The monoisotopic (exact) mass is 349 g/mol. The van der Waals surface area contributed by atoms with Gasteiger partial charge in [0.15, 0.2) is 0 Å². The van der Waals surface area contributed by atoms with Gasteiger partial charge in [0.2, 0.25) is 11.8 Å². The molecule has 0 spiro atoms. The molecule has 136 valence electrons. The van der Waals surface area contributed by atoms with Crippen molar-refractivity contribution in [3.8, 4) is 5.75 Å². The molecular weight excluding hydrogens is 326 g/mol. The summed E-state index contributed by atoms with van der Waals surface area (Å²) in [5.74, 6) is -1.86. The Morgan fingerprint density at radius 3 is 2.52 bits per heavy atom. The number of benzene rings is 1. The van der Waals surface area contributed by atoms with E-state index in [2.05, 4.69) is 10.6 Å². The lowest BCUT2D eigenvalue weighted by molar-refractivity contribution is -0.141. The summed E-state index contributed by atoms with van der Waals surface area (Å²) < 4.78 is 0. The quantitative estimate of drug-likeness (QED) is 0.537. The fourth-order valence-electron chi connectivity index (χ4n) is 2.84. The van der Waals surface area contributed by atoms with Crippen molar-refractivity contribution < 1.29 is 24.6 Å². The van der Waals surface area contributed by atoms with Crippen LogP contribution >= 0.6 is 0 Å². The van der Waals surface area contributed by atoms with Gasteiger partial charge in [-0.3, -0.25) is 14.5 Å². The van der Waals surface area contributed by atoms with Crippen LogP contribution < -0.4 is 10.6 Å². The number of carboxylic acids is 1. The van der Waals surface area contributed by atoms with Crippen molar-refractivity contribution in [2.24, 2.45) is 0 Å². The fourth-order valence-corrected chi connectivity index (χ4v) is 2.84. The minimum Gasteiger partial charge on any atom is -0.508 e. The van der Waals surface area contributed by atoms with Crippen LogP contribution in [0.5, 0.6) is 5.75 Å². The molecule has 1 aromatic rings. The van der Waals surface area contributed by atoms with E-state index in [1.54, 1.807) is 12.1 Å². The van der Waals surface area contributed by atoms with Crippen molar-refractivity contribution in [2.45, 2.75) is 31.3 Å². The van der Waals surface area contributed by atoms with Gasteiger partial charge in [-0.25, -0.2) is 4.79 Å². The molecule has 0 aliphatic carbocycles. The van der Waals surface area contributed by atoms with Gasteiger partial charge >= 0.3 is 5.97 Å².